The van der Waals surface area contributed by atoms with Crippen molar-refractivity contribution < 1.29 is 4.74 Å². The van der Waals surface area contributed by atoms with E-state index in [4.69, 9.17) is 16.2 Å². The summed E-state index contributed by atoms with van der Waals surface area (Å²) in [5.74, 6) is 1.52. The normalized spacial score (nSPS) is 12.4. The Morgan fingerprint density at radius 1 is 1.31 bits per heavy atom. The number of aromatic amines is 1. The topological polar surface area (TPSA) is 103 Å². The van der Waals surface area contributed by atoms with Gasteiger partial charge in [0.15, 0.2) is 0 Å². The van der Waals surface area contributed by atoms with E-state index in [1.165, 1.54) is 0 Å². The molecule has 0 aliphatic rings. The monoisotopic (exact) mass is 219 g/mol. The standard InChI is InChI=1S/C10H13N5O/c1-16-7-4-2-6(3-5-7)8(11)9-13-10(12)15-14-9/h2-5,8H,11H2,1H3,(H3,12,13,14,15)/t8-/m1/s1. The molecule has 84 valence electrons. The van der Waals surface area contributed by atoms with Gasteiger partial charge in [0.1, 0.15) is 11.6 Å². The number of hydrogen-bond acceptors (Lipinski definition) is 5. The Morgan fingerprint density at radius 2 is 2.00 bits per heavy atom. The minimum absolute atomic E-state index is 0.193. The predicted molar refractivity (Wildman–Crippen MR) is 59.8 cm³/mol. The lowest BCUT2D eigenvalue weighted by molar-refractivity contribution is 0.414. The summed E-state index contributed by atoms with van der Waals surface area (Å²) in [4.78, 5) is 3.98. The maximum absolute atomic E-state index is 5.99. The zero-order chi connectivity index (χ0) is 11.5. The molecule has 0 fully saturated rings. The number of methoxy groups -OCH3 is 1. The van der Waals surface area contributed by atoms with Gasteiger partial charge >= 0.3 is 0 Å². The molecular formula is C10H13N5O. The highest BCUT2D eigenvalue weighted by Crippen LogP contribution is 2.19. The van der Waals surface area contributed by atoms with E-state index in [1.807, 2.05) is 24.3 Å². The van der Waals surface area contributed by atoms with Gasteiger partial charge in [-0.1, -0.05) is 12.1 Å². The maximum Gasteiger partial charge on any atom is 0.239 e. The number of nitrogens with one attached hydrogen (secondary N) is 1. The van der Waals surface area contributed by atoms with Crippen LogP contribution < -0.4 is 16.2 Å². The zero-order valence-electron chi connectivity index (χ0n) is 8.84. The van der Waals surface area contributed by atoms with Crippen molar-refractivity contribution in [3.05, 3.63) is 35.7 Å². The van der Waals surface area contributed by atoms with Crippen LogP contribution in [0.1, 0.15) is 17.4 Å². The van der Waals surface area contributed by atoms with Crippen LogP contribution in [0.25, 0.3) is 0 Å². The summed E-state index contributed by atoms with van der Waals surface area (Å²) in [5, 5.41) is 6.42. The van der Waals surface area contributed by atoms with Crippen molar-refractivity contribution in [3.8, 4) is 5.75 Å². The highest BCUT2D eigenvalue weighted by atomic mass is 16.5. The van der Waals surface area contributed by atoms with Crippen molar-refractivity contribution >= 4 is 5.95 Å². The minimum atomic E-state index is -0.365. The fraction of sp³-hybridized carbons (Fsp3) is 0.200. The SMILES string of the molecule is COc1ccc([C@@H](N)c2nc(N)n[nH]2)cc1. The van der Waals surface area contributed by atoms with Crippen molar-refractivity contribution in [2.24, 2.45) is 5.73 Å². The second-order valence-corrected chi connectivity index (χ2v) is 3.33. The lowest BCUT2D eigenvalue weighted by Crippen LogP contribution is -2.13. The number of aromatic nitrogens is 3. The number of nitrogens with zero attached hydrogens (tertiary/aromatic N) is 2. The van der Waals surface area contributed by atoms with Gasteiger partial charge < -0.3 is 16.2 Å². The summed E-state index contributed by atoms with van der Waals surface area (Å²) < 4.78 is 5.06. The van der Waals surface area contributed by atoms with E-state index in [0.29, 0.717) is 5.82 Å². The third kappa shape index (κ3) is 1.96. The Balaban J connectivity index is 2.23. The van der Waals surface area contributed by atoms with Crippen molar-refractivity contribution in [1.29, 1.82) is 0 Å². The van der Waals surface area contributed by atoms with Gasteiger partial charge in [0.25, 0.3) is 0 Å². The van der Waals surface area contributed by atoms with E-state index in [2.05, 4.69) is 15.2 Å². The van der Waals surface area contributed by atoms with Gasteiger partial charge in [0, 0.05) is 0 Å². The van der Waals surface area contributed by atoms with Crippen molar-refractivity contribution in [2.45, 2.75) is 6.04 Å². The third-order valence-corrected chi connectivity index (χ3v) is 2.29. The number of hydrogen-bond donors (Lipinski definition) is 3. The number of H-pyrrole nitrogens is 1. The molecule has 16 heavy (non-hydrogen) atoms. The first-order valence-electron chi connectivity index (χ1n) is 4.78. The Hall–Kier alpha value is -2.08. The molecule has 0 saturated heterocycles. The summed E-state index contributed by atoms with van der Waals surface area (Å²) >= 11 is 0. The number of ether oxygens (including phenoxy) is 1. The van der Waals surface area contributed by atoms with Crippen LogP contribution in [0.3, 0.4) is 0 Å². The lowest BCUT2D eigenvalue weighted by atomic mass is 10.1. The maximum atomic E-state index is 5.99. The Morgan fingerprint density at radius 3 is 2.50 bits per heavy atom. The number of rotatable bonds is 3. The molecule has 6 nitrogen and oxygen atoms in total. The molecule has 1 aromatic carbocycles. The molecule has 0 radical (unpaired) electrons. The molecule has 6 heteroatoms. The predicted octanol–water partition coefficient (Wildman–Crippen LogP) is 0.444. The summed E-state index contributed by atoms with van der Waals surface area (Å²) in [6.45, 7) is 0. The van der Waals surface area contributed by atoms with E-state index >= 15 is 0 Å². The van der Waals surface area contributed by atoms with Crippen LogP contribution >= 0.6 is 0 Å². The first-order valence-corrected chi connectivity index (χ1v) is 4.78. The van der Waals surface area contributed by atoms with Gasteiger partial charge in [-0.25, -0.2) is 0 Å². The molecule has 5 N–H and O–H groups in total. The van der Waals surface area contributed by atoms with E-state index in [1.54, 1.807) is 7.11 Å². The number of nitrogen functional groups attached to an aromatic ring is 1. The summed E-state index contributed by atoms with van der Waals surface area (Å²) in [6.07, 6.45) is 0. The molecular weight excluding hydrogens is 206 g/mol. The van der Waals surface area contributed by atoms with Gasteiger partial charge in [-0.15, -0.1) is 5.10 Å². The number of benzene rings is 1. The van der Waals surface area contributed by atoms with Crippen LogP contribution in [0.5, 0.6) is 5.75 Å². The fourth-order valence-electron chi connectivity index (χ4n) is 1.40. The van der Waals surface area contributed by atoms with E-state index in [0.717, 1.165) is 11.3 Å². The molecule has 1 aromatic heterocycles. The Kier molecular flexibility index (Phi) is 2.74. The first kappa shape index (κ1) is 10.4. The largest absolute Gasteiger partial charge is 0.497 e. The van der Waals surface area contributed by atoms with E-state index in [9.17, 15) is 0 Å². The van der Waals surface area contributed by atoms with Gasteiger partial charge in [-0.3, -0.25) is 5.10 Å². The van der Waals surface area contributed by atoms with Crippen LogP contribution in [-0.4, -0.2) is 22.3 Å². The molecule has 2 rings (SSSR count). The summed E-state index contributed by atoms with van der Waals surface area (Å²) in [5.41, 5.74) is 12.3. The molecule has 0 bridgehead atoms. The highest BCUT2D eigenvalue weighted by Gasteiger charge is 2.12. The Labute approximate surface area is 92.6 Å². The number of anilines is 1. The van der Waals surface area contributed by atoms with Crippen molar-refractivity contribution in [2.75, 3.05) is 12.8 Å². The van der Waals surface area contributed by atoms with Gasteiger partial charge in [0.2, 0.25) is 5.95 Å². The first-order chi connectivity index (χ1) is 7.70. The molecule has 0 saturated carbocycles. The van der Waals surface area contributed by atoms with Crippen molar-refractivity contribution in [1.82, 2.24) is 15.2 Å². The van der Waals surface area contributed by atoms with Crippen LogP contribution in [0, 0.1) is 0 Å². The lowest BCUT2D eigenvalue weighted by Gasteiger charge is -2.09. The molecule has 0 aliphatic heterocycles. The molecule has 0 amide bonds. The summed E-state index contributed by atoms with van der Waals surface area (Å²) in [6, 6.07) is 7.07. The minimum Gasteiger partial charge on any atom is -0.497 e. The highest BCUT2D eigenvalue weighted by molar-refractivity contribution is 5.32. The summed E-state index contributed by atoms with van der Waals surface area (Å²) in [7, 11) is 1.62. The molecule has 1 heterocycles. The zero-order valence-corrected chi connectivity index (χ0v) is 8.84. The molecule has 1 atom stereocenters. The van der Waals surface area contributed by atoms with Gasteiger partial charge in [-0.05, 0) is 17.7 Å². The molecule has 0 unspecified atom stereocenters. The van der Waals surface area contributed by atoms with Gasteiger partial charge in [0.05, 0.1) is 13.2 Å². The van der Waals surface area contributed by atoms with Gasteiger partial charge in [-0.2, -0.15) is 4.98 Å². The van der Waals surface area contributed by atoms with E-state index in [-0.39, 0.29) is 12.0 Å². The average molecular weight is 219 g/mol. The van der Waals surface area contributed by atoms with Crippen LogP contribution in [0.4, 0.5) is 5.95 Å². The fourth-order valence-corrected chi connectivity index (χ4v) is 1.40. The Bertz CT molecular complexity index is 464. The third-order valence-electron chi connectivity index (χ3n) is 2.29. The van der Waals surface area contributed by atoms with Crippen molar-refractivity contribution in [3.63, 3.8) is 0 Å². The second kappa shape index (κ2) is 4.19. The van der Waals surface area contributed by atoms with Crippen LogP contribution in [0.2, 0.25) is 0 Å². The molecule has 2 aromatic rings. The second-order valence-electron chi connectivity index (χ2n) is 3.33. The van der Waals surface area contributed by atoms with Crippen LogP contribution in [-0.2, 0) is 0 Å². The van der Waals surface area contributed by atoms with Crippen LogP contribution in [0.15, 0.2) is 24.3 Å². The quantitative estimate of drug-likeness (QED) is 0.695. The smallest absolute Gasteiger partial charge is 0.239 e. The molecule has 0 aliphatic carbocycles. The average Bonchev–Trinajstić information content (AvgIpc) is 2.75. The van der Waals surface area contributed by atoms with E-state index < -0.39 is 0 Å². The number of nitrogens with two attached hydrogens (primary N) is 2. The molecule has 0 spiro atoms.